The summed E-state index contributed by atoms with van der Waals surface area (Å²) in [5, 5.41) is 3.62. The molecular formula is C18H26N6. The van der Waals surface area contributed by atoms with E-state index < -0.39 is 0 Å². The molecule has 128 valence electrons. The quantitative estimate of drug-likeness (QED) is 0.932. The van der Waals surface area contributed by atoms with E-state index in [0.29, 0.717) is 6.04 Å². The van der Waals surface area contributed by atoms with E-state index in [0.717, 1.165) is 55.5 Å². The van der Waals surface area contributed by atoms with Gasteiger partial charge in [-0.25, -0.2) is 15.0 Å². The van der Waals surface area contributed by atoms with Crippen LogP contribution in [0.1, 0.15) is 25.0 Å². The van der Waals surface area contributed by atoms with Crippen molar-refractivity contribution in [2.24, 2.45) is 0 Å². The molecule has 1 atom stereocenters. The summed E-state index contributed by atoms with van der Waals surface area (Å²) >= 11 is 0. The second-order valence-electron chi connectivity index (χ2n) is 6.56. The van der Waals surface area contributed by atoms with Gasteiger partial charge in [0.15, 0.2) is 0 Å². The smallest absolute Gasteiger partial charge is 0.225 e. The SMILES string of the molecule is Cc1ccnc(N2CCC[C@@H](Nc3ccc(N(C)C)nc3)CC2)n1. The maximum absolute atomic E-state index is 4.55. The third-order valence-corrected chi connectivity index (χ3v) is 4.37. The van der Waals surface area contributed by atoms with Gasteiger partial charge in [0, 0.05) is 45.1 Å². The monoisotopic (exact) mass is 326 g/mol. The van der Waals surface area contributed by atoms with Crippen LogP contribution >= 0.6 is 0 Å². The molecule has 3 rings (SSSR count). The summed E-state index contributed by atoms with van der Waals surface area (Å²) in [5.74, 6) is 1.83. The summed E-state index contributed by atoms with van der Waals surface area (Å²) in [6.07, 6.45) is 7.13. The van der Waals surface area contributed by atoms with Gasteiger partial charge in [0.05, 0.1) is 11.9 Å². The average Bonchev–Trinajstić information content (AvgIpc) is 2.81. The first-order chi connectivity index (χ1) is 11.6. The zero-order chi connectivity index (χ0) is 16.9. The molecule has 24 heavy (non-hydrogen) atoms. The molecule has 1 fully saturated rings. The molecule has 6 heteroatoms. The molecular weight excluding hydrogens is 300 g/mol. The Morgan fingerprint density at radius 2 is 2.00 bits per heavy atom. The molecule has 0 saturated carbocycles. The number of aromatic nitrogens is 3. The van der Waals surface area contributed by atoms with Gasteiger partial charge in [-0.1, -0.05) is 0 Å². The van der Waals surface area contributed by atoms with E-state index in [1.807, 2.05) is 50.4 Å². The number of pyridine rings is 1. The summed E-state index contributed by atoms with van der Waals surface area (Å²) in [6, 6.07) is 6.56. The maximum atomic E-state index is 4.55. The zero-order valence-corrected chi connectivity index (χ0v) is 14.7. The molecule has 3 heterocycles. The van der Waals surface area contributed by atoms with Crippen molar-refractivity contribution < 1.29 is 0 Å². The van der Waals surface area contributed by atoms with Crippen LogP contribution in [0.15, 0.2) is 30.6 Å². The summed E-state index contributed by atoms with van der Waals surface area (Å²) in [4.78, 5) is 17.7. The van der Waals surface area contributed by atoms with E-state index in [1.165, 1.54) is 0 Å². The minimum absolute atomic E-state index is 0.465. The highest BCUT2D eigenvalue weighted by Gasteiger charge is 2.18. The van der Waals surface area contributed by atoms with Gasteiger partial charge in [-0.15, -0.1) is 0 Å². The average molecular weight is 326 g/mol. The second kappa shape index (κ2) is 7.47. The predicted octanol–water partition coefficient (Wildman–Crippen LogP) is 2.72. The van der Waals surface area contributed by atoms with Crippen LogP contribution in [0, 0.1) is 6.92 Å². The maximum Gasteiger partial charge on any atom is 0.225 e. The van der Waals surface area contributed by atoms with Crippen molar-refractivity contribution in [1.82, 2.24) is 15.0 Å². The van der Waals surface area contributed by atoms with E-state index in [4.69, 9.17) is 0 Å². The Morgan fingerprint density at radius 3 is 2.71 bits per heavy atom. The molecule has 0 unspecified atom stereocenters. The third-order valence-electron chi connectivity index (χ3n) is 4.37. The fraction of sp³-hybridized carbons (Fsp3) is 0.500. The molecule has 1 saturated heterocycles. The Kier molecular flexibility index (Phi) is 5.13. The molecule has 1 N–H and O–H groups in total. The third kappa shape index (κ3) is 4.13. The normalized spacial score (nSPS) is 18.1. The van der Waals surface area contributed by atoms with Gasteiger partial charge < -0.3 is 15.1 Å². The summed E-state index contributed by atoms with van der Waals surface area (Å²) < 4.78 is 0. The van der Waals surface area contributed by atoms with Crippen molar-refractivity contribution in [3.8, 4) is 0 Å². The van der Waals surface area contributed by atoms with Crippen molar-refractivity contribution in [3.63, 3.8) is 0 Å². The van der Waals surface area contributed by atoms with E-state index in [2.05, 4.69) is 31.2 Å². The summed E-state index contributed by atoms with van der Waals surface area (Å²) in [5.41, 5.74) is 2.11. The van der Waals surface area contributed by atoms with E-state index in [-0.39, 0.29) is 0 Å². The van der Waals surface area contributed by atoms with Crippen molar-refractivity contribution in [1.29, 1.82) is 0 Å². The van der Waals surface area contributed by atoms with Crippen LogP contribution in [0.5, 0.6) is 0 Å². The Labute approximate surface area is 143 Å². The van der Waals surface area contributed by atoms with Crippen LogP contribution in [0.2, 0.25) is 0 Å². The molecule has 0 aliphatic carbocycles. The highest BCUT2D eigenvalue weighted by atomic mass is 15.2. The first-order valence-electron chi connectivity index (χ1n) is 8.56. The van der Waals surface area contributed by atoms with E-state index in [9.17, 15) is 0 Å². The number of nitrogens with zero attached hydrogens (tertiary/aromatic N) is 5. The van der Waals surface area contributed by atoms with Crippen LogP contribution in [0.3, 0.4) is 0 Å². The molecule has 0 spiro atoms. The first-order valence-corrected chi connectivity index (χ1v) is 8.56. The number of nitrogens with one attached hydrogen (secondary N) is 1. The number of hydrogen-bond donors (Lipinski definition) is 1. The molecule has 1 aliphatic rings. The first kappa shape index (κ1) is 16.5. The van der Waals surface area contributed by atoms with Crippen LogP contribution < -0.4 is 15.1 Å². The Bertz CT molecular complexity index is 655. The molecule has 2 aromatic rings. The van der Waals surface area contributed by atoms with Crippen molar-refractivity contribution in [2.75, 3.05) is 42.3 Å². The summed E-state index contributed by atoms with van der Waals surface area (Å²) in [7, 11) is 4.01. The van der Waals surface area contributed by atoms with E-state index in [1.54, 1.807) is 0 Å². The Hall–Kier alpha value is -2.37. The fourth-order valence-corrected chi connectivity index (χ4v) is 3.00. The fourth-order valence-electron chi connectivity index (χ4n) is 3.00. The Morgan fingerprint density at radius 1 is 1.12 bits per heavy atom. The Balaban J connectivity index is 1.59. The number of hydrogen-bond acceptors (Lipinski definition) is 6. The molecule has 2 aromatic heterocycles. The predicted molar refractivity (Wildman–Crippen MR) is 98.8 cm³/mol. The van der Waals surface area contributed by atoms with Crippen molar-refractivity contribution in [2.45, 2.75) is 32.2 Å². The zero-order valence-electron chi connectivity index (χ0n) is 14.7. The van der Waals surface area contributed by atoms with Gasteiger partial charge in [0.1, 0.15) is 5.82 Å². The standard InChI is InChI=1S/C18H26N6/c1-14-8-10-19-18(21-14)24-11-4-5-15(9-12-24)22-16-6-7-17(20-13-16)23(2)3/h6-8,10,13,15,22H,4-5,9,11-12H2,1-3H3/t15-/m1/s1. The van der Waals surface area contributed by atoms with Crippen molar-refractivity contribution >= 4 is 17.5 Å². The van der Waals surface area contributed by atoms with Gasteiger partial charge in [-0.05, 0) is 44.4 Å². The minimum Gasteiger partial charge on any atom is -0.381 e. The van der Waals surface area contributed by atoms with Gasteiger partial charge >= 0.3 is 0 Å². The molecule has 0 bridgehead atoms. The topological polar surface area (TPSA) is 57.2 Å². The van der Waals surface area contributed by atoms with Gasteiger partial charge in [-0.3, -0.25) is 0 Å². The largest absolute Gasteiger partial charge is 0.381 e. The lowest BCUT2D eigenvalue weighted by molar-refractivity contribution is 0.639. The van der Waals surface area contributed by atoms with Crippen LogP contribution in [0.4, 0.5) is 17.5 Å². The highest BCUT2D eigenvalue weighted by molar-refractivity contribution is 5.48. The van der Waals surface area contributed by atoms with Gasteiger partial charge in [-0.2, -0.15) is 0 Å². The molecule has 6 nitrogen and oxygen atoms in total. The number of aryl methyl sites for hydroxylation is 1. The molecule has 0 radical (unpaired) electrons. The van der Waals surface area contributed by atoms with Gasteiger partial charge in [0.25, 0.3) is 0 Å². The second-order valence-corrected chi connectivity index (χ2v) is 6.56. The molecule has 0 aromatic carbocycles. The van der Waals surface area contributed by atoms with Gasteiger partial charge in [0.2, 0.25) is 5.95 Å². The van der Waals surface area contributed by atoms with Crippen molar-refractivity contribution in [3.05, 3.63) is 36.3 Å². The summed E-state index contributed by atoms with van der Waals surface area (Å²) in [6.45, 7) is 4.00. The minimum atomic E-state index is 0.465. The lowest BCUT2D eigenvalue weighted by Gasteiger charge is -2.21. The van der Waals surface area contributed by atoms with Crippen LogP contribution in [-0.2, 0) is 0 Å². The van der Waals surface area contributed by atoms with E-state index >= 15 is 0 Å². The highest BCUT2D eigenvalue weighted by Crippen LogP contribution is 2.20. The van der Waals surface area contributed by atoms with Crippen LogP contribution in [-0.4, -0.2) is 48.2 Å². The van der Waals surface area contributed by atoms with Crippen LogP contribution in [0.25, 0.3) is 0 Å². The lowest BCUT2D eigenvalue weighted by atomic mass is 10.1. The number of rotatable bonds is 4. The lowest BCUT2D eigenvalue weighted by Crippen LogP contribution is -2.27. The number of anilines is 3. The molecule has 1 aliphatic heterocycles. The molecule has 0 amide bonds.